The molecule has 2 heterocycles. The summed E-state index contributed by atoms with van der Waals surface area (Å²) in [5.41, 5.74) is 4.36. The highest BCUT2D eigenvalue weighted by Crippen LogP contribution is 2.37. The maximum absolute atomic E-state index is 5.31. The first-order valence-corrected chi connectivity index (χ1v) is 6.85. The number of nitrogens with two attached hydrogens (primary N) is 1. The van der Waals surface area contributed by atoms with E-state index in [0.29, 0.717) is 5.41 Å². The maximum atomic E-state index is 5.31. The lowest BCUT2D eigenvalue weighted by molar-refractivity contribution is 0.236. The minimum absolute atomic E-state index is 0.548. The zero-order valence-corrected chi connectivity index (χ0v) is 11.4. The van der Waals surface area contributed by atoms with Crippen molar-refractivity contribution in [2.24, 2.45) is 11.3 Å². The molecule has 1 aromatic heterocycles. The Morgan fingerprint density at radius 1 is 1.39 bits per heavy atom. The largest absolute Gasteiger partial charge is 0.308 e. The summed E-state index contributed by atoms with van der Waals surface area (Å²) in [7, 11) is 0. The Hall–Kier alpha value is -1.13. The van der Waals surface area contributed by atoms with Crippen molar-refractivity contribution in [1.82, 2.24) is 9.88 Å². The van der Waals surface area contributed by atoms with Crippen LogP contribution in [0.4, 0.5) is 5.82 Å². The maximum Gasteiger partial charge on any atom is 0.139 e. The summed E-state index contributed by atoms with van der Waals surface area (Å²) in [6.07, 6.45) is 5.81. The standard InChI is InChI=1S/C14H24N4/c1-3-14(4-2)7-8-18(11-14)10-12-5-6-13(17-15)16-9-12/h5-6,9H,3-4,7-8,10-11,15H2,1-2H3,(H,16,17). The van der Waals surface area contributed by atoms with E-state index in [0.717, 1.165) is 12.4 Å². The second-order valence-corrected chi connectivity index (χ2v) is 5.36. The SMILES string of the molecule is CCC1(CC)CCN(Cc2ccc(NN)nc2)C1. The van der Waals surface area contributed by atoms with Crippen molar-refractivity contribution < 1.29 is 0 Å². The van der Waals surface area contributed by atoms with E-state index >= 15 is 0 Å². The van der Waals surface area contributed by atoms with Crippen molar-refractivity contribution in [1.29, 1.82) is 0 Å². The van der Waals surface area contributed by atoms with Crippen molar-refractivity contribution in [2.45, 2.75) is 39.7 Å². The molecule has 3 N–H and O–H groups in total. The Kier molecular flexibility index (Phi) is 4.19. The van der Waals surface area contributed by atoms with Crippen LogP contribution in [-0.4, -0.2) is 23.0 Å². The fourth-order valence-corrected chi connectivity index (χ4v) is 2.85. The van der Waals surface area contributed by atoms with E-state index in [1.54, 1.807) is 0 Å². The van der Waals surface area contributed by atoms with Gasteiger partial charge in [-0.3, -0.25) is 4.90 Å². The van der Waals surface area contributed by atoms with Crippen molar-refractivity contribution >= 4 is 5.82 Å². The monoisotopic (exact) mass is 248 g/mol. The summed E-state index contributed by atoms with van der Waals surface area (Å²) in [5, 5.41) is 0. The van der Waals surface area contributed by atoms with Crippen LogP contribution < -0.4 is 11.3 Å². The first-order valence-electron chi connectivity index (χ1n) is 6.85. The molecular weight excluding hydrogens is 224 g/mol. The zero-order valence-electron chi connectivity index (χ0n) is 11.4. The van der Waals surface area contributed by atoms with Gasteiger partial charge in [-0.2, -0.15) is 0 Å². The van der Waals surface area contributed by atoms with Gasteiger partial charge in [-0.15, -0.1) is 0 Å². The molecule has 0 atom stereocenters. The van der Waals surface area contributed by atoms with Gasteiger partial charge in [-0.25, -0.2) is 10.8 Å². The number of hydrogen-bond acceptors (Lipinski definition) is 4. The number of nitrogens with zero attached hydrogens (tertiary/aromatic N) is 2. The smallest absolute Gasteiger partial charge is 0.139 e. The van der Waals surface area contributed by atoms with Crippen molar-refractivity contribution in [3.63, 3.8) is 0 Å². The van der Waals surface area contributed by atoms with Crippen LogP contribution in [0.1, 0.15) is 38.7 Å². The Labute approximate surface area is 110 Å². The summed E-state index contributed by atoms with van der Waals surface area (Å²) in [6, 6.07) is 4.03. The van der Waals surface area contributed by atoms with Crippen molar-refractivity contribution in [3.05, 3.63) is 23.9 Å². The molecule has 4 nitrogen and oxygen atoms in total. The Bertz CT molecular complexity index is 370. The normalized spacial score (nSPS) is 19.1. The van der Waals surface area contributed by atoms with Crippen LogP contribution in [0.15, 0.2) is 18.3 Å². The number of nitrogen functional groups attached to an aromatic ring is 1. The molecule has 0 aromatic carbocycles. The van der Waals surface area contributed by atoms with Gasteiger partial charge in [0.25, 0.3) is 0 Å². The molecule has 0 unspecified atom stereocenters. The van der Waals surface area contributed by atoms with Gasteiger partial charge < -0.3 is 5.43 Å². The van der Waals surface area contributed by atoms with Crippen molar-refractivity contribution in [3.8, 4) is 0 Å². The molecule has 0 radical (unpaired) electrons. The number of likely N-dealkylation sites (tertiary alicyclic amines) is 1. The van der Waals surface area contributed by atoms with E-state index in [9.17, 15) is 0 Å². The van der Waals surface area contributed by atoms with Crippen molar-refractivity contribution in [2.75, 3.05) is 18.5 Å². The topological polar surface area (TPSA) is 54.2 Å². The van der Waals surface area contributed by atoms with Crippen LogP contribution in [0, 0.1) is 5.41 Å². The first-order chi connectivity index (χ1) is 8.71. The summed E-state index contributed by atoms with van der Waals surface area (Å²) in [5.74, 6) is 6.03. The number of anilines is 1. The second-order valence-electron chi connectivity index (χ2n) is 5.36. The van der Waals surface area contributed by atoms with E-state index in [2.05, 4.69) is 35.2 Å². The third kappa shape index (κ3) is 2.82. The Balaban J connectivity index is 1.94. The van der Waals surface area contributed by atoms with Crippen LogP contribution in [0.2, 0.25) is 0 Å². The molecule has 1 fully saturated rings. The lowest BCUT2D eigenvalue weighted by Gasteiger charge is -2.26. The van der Waals surface area contributed by atoms with Crippen LogP contribution in [0.25, 0.3) is 0 Å². The number of nitrogens with one attached hydrogen (secondary N) is 1. The minimum Gasteiger partial charge on any atom is -0.308 e. The molecule has 0 aliphatic carbocycles. The highest BCUT2D eigenvalue weighted by Gasteiger charge is 2.34. The highest BCUT2D eigenvalue weighted by molar-refractivity contribution is 5.33. The number of hydrogen-bond donors (Lipinski definition) is 2. The van der Waals surface area contributed by atoms with Gasteiger partial charge in [0.2, 0.25) is 0 Å². The highest BCUT2D eigenvalue weighted by atomic mass is 15.2. The first kappa shape index (κ1) is 13.3. The Morgan fingerprint density at radius 3 is 2.67 bits per heavy atom. The van der Waals surface area contributed by atoms with E-state index in [4.69, 9.17) is 5.84 Å². The van der Waals surface area contributed by atoms with Crippen LogP contribution in [-0.2, 0) is 6.54 Å². The van der Waals surface area contributed by atoms with Gasteiger partial charge >= 0.3 is 0 Å². The average molecular weight is 248 g/mol. The van der Waals surface area contributed by atoms with Gasteiger partial charge in [0.05, 0.1) is 0 Å². The van der Waals surface area contributed by atoms with Crippen LogP contribution >= 0.6 is 0 Å². The summed E-state index contributed by atoms with van der Waals surface area (Å²) in [4.78, 5) is 6.79. The predicted molar refractivity (Wildman–Crippen MR) is 75.0 cm³/mol. The van der Waals surface area contributed by atoms with E-state index < -0.39 is 0 Å². The molecule has 1 aliphatic rings. The molecule has 18 heavy (non-hydrogen) atoms. The molecule has 0 spiro atoms. The lowest BCUT2D eigenvalue weighted by atomic mass is 9.82. The summed E-state index contributed by atoms with van der Waals surface area (Å²) < 4.78 is 0. The molecule has 1 saturated heterocycles. The Morgan fingerprint density at radius 2 is 2.17 bits per heavy atom. The number of aromatic nitrogens is 1. The number of rotatable bonds is 5. The summed E-state index contributed by atoms with van der Waals surface area (Å²) in [6.45, 7) is 8.06. The minimum atomic E-state index is 0.548. The van der Waals surface area contributed by atoms with Crippen LogP contribution in [0.5, 0.6) is 0 Å². The second kappa shape index (κ2) is 5.67. The molecule has 4 heteroatoms. The number of pyridine rings is 1. The molecule has 0 saturated carbocycles. The fraction of sp³-hybridized carbons (Fsp3) is 0.643. The summed E-state index contributed by atoms with van der Waals surface area (Å²) >= 11 is 0. The van der Waals surface area contributed by atoms with Gasteiger partial charge in [-0.1, -0.05) is 19.9 Å². The third-order valence-electron chi connectivity index (χ3n) is 4.40. The fourth-order valence-electron chi connectivity index (χ4n) is 2.85. The molecule has 0 amide bonds. The zero-order chi connectivity index (χ0) is 13.0. The van der Waals surface area contributed by atoms with Gasteiger partial charge in [0.15, 0.2) is 0 Å². The molecule has 100 valence electrons. The predicted octanol–water partition coefficient (Wildman–Crippen LogP) is 2.38. The lowest BCUT2D eigenvalue weighted by Crippen LogP contribution is -2.26. The van der Waals surface area contributed by atoms with Gasteiger partial charge in [-0.05, 0) is 42.9 Å². The molecule has 1 aliphatic heterocycles. The molecule has 1 aromatic rings. The average Bonchev–Trinajstić information content (AvgIpc) is 2.84. The molecule has 2 rings (SSSR count). The quantitative estimate of drug-likeness (QED) is 0.620. The van der Waals surface area contributed by atoms with Gasteiger partial charge in [0, 0.05) is 19.3 Å². The molecule has 0 bridgehead atoms. The van der Waals surface area contributed by atoms with Crippen LogP contribution in [0.3, 0.4) is 0 Å². The van der Waals surface area contributed by atoms with E-state index in [1.807, 2.05) is 12.3 Å². The molecular formula is C14H24N4. The van der Waals surface area contributed by atoms with E-state index in [1.165, 1.54) is 37.9 Å². The van der Waals surface area contributed by atoms with Gasteiger partial charge in [0.1, 0.15) is 5.82 Å². The third-order valence-corrected chi connectivity index (χ3v) is 4.40. The number of hydrazine groups is 1. The van der Waals surface area contributed by atoms with E-state index in [-0.39, 0.29) is 0 Å².